The lowest BCUT2D eigenvalue weighted by atomic mass is 10.1. The molecule has 0 fully saturated rings. The molecule has 2 aromatic carbocycles. The van der Waals surface area contributed by atoms with Crippen LogP contribution in [0.2, 0.25) is 0 Å². The van der Waals surface area contributed by atoms with Crippen molar-refractivity contribution in [3.05, 3.63) is 72.1 Å². The van der Waals surface area contributed by atoms with Gasteiger partial charge < -0.3 is 9.47 Å². The van der Waals surface area contributed by atoms with Crippen molar-refractivity contribution >= 4 is 5.65 Å². The zero-order valence-electron chi connectivity index (χ0n) is 15.6. The number of aryl methyl sites for hydroxylation is 1. The number of hydrogen-bond donors (Lipinski definition) is 0. The standard InChI is InChI=1S/C22H21N3O2/c1-15-13-20(16-9-11-18(27-3)12-10-16)25-22(23-15)21(19(24-25)14-26-2)17-7-5-4-6-8-17/h4-13H,14H2,1-3H3. The molecular weight excluding hydrogens is 338 g/mol. The maximum Gasteiger partial charge on any atom is 0.164 e. The van der Waals surface area contributed by atoms with Crippen molar-refractivity contribution < 1.29 is 9.47 Å². The van der Waals surface area contributed by atoms with Gasteiger partial charge in [-0.2, -0.15) is 5.10 Å². The van der Waals surface area contributed by atoms with Gasteiger partial charge >= 0.3 is 0 Å². The van der Waals surface area contributed by atoms with Gasteiger partial charge in [-0.05, 0) is 42.8 Å². The van der Waals surface area contributed by atoms with Crippen molar-refractivity contribution in [1.82, 2.24) is 14.6 Å². The van der Waals surface area contributed by atoms with E-state index in [2.05, 4.69) is 12.1 Å². The molecular formula is C22H21N3O2. The Morgan fingerprint density at radius 1 is 0.926 bits per heavy atom. The third-order valence-electron chi connectivity index (χ3n) is 4.52. The first-order valence-electron chi connectivity index (χ1n) is 8.79. The number of methoxy groups -OCH3 is 2. The predicted molar refractivity (Wildman–Crippen MR) is 106 cm³/mol. The van der Waals surface area contributed by atoms with E-state index < -0.39 is 0 Å². The van der Waals surface area contributed by atoms with Crippen molar-refractivity contribution in [1.29, 1.82) is 0 Å². The smallest absolute Gasteiger partial charge is 0.164 e. The van der Waals surface area contributed by atoms with Crippen LogP contribution < -0.4 is 4.74 Å². The largest absolute Gasteiger partial charge is 0.497 e. The molecule has 0 bridgehead atoms. The van der Waals surface area contributed by atoms with E-state index >= 15 is 0 Å². The van der Waals surface area contributed by atoms with Crippen molar-refractivity contribution in [2.45, 2.75) is 13.5 Å². The first-order valence-corrected chi connectivity index (χ1v) is 8.79. The fourth-order valence-electron chi connectivity index (χ4n) is 3.29. The molecule has 0 N–H and O–H groups in total. The Bertz CT molecular complexity index is 1070. The summed E-state index contributed by atoms with van der Waals surface area (Å²) in [6.45, 7) is 2.43. The molecule has 0 spiro atoms. The average Bonchev–Trinajstić information content (AvgIpc) is 3.06. The molecule has 2 heterocycles. The molecule has 27 heavy (non-hydrogen) atoms. The number of hydrogen-bond acceptors (Lipinski definition) is 4. The molecule has 0 aliphatic carbocycles. The number of fused-ring (bicyclic) bond motifs is 1. The average molecular weight is 359 g/mol. The quantitative estimate of drug-likeness (QED) is 0.525. The fourth-order valence-corrected chi connectivity index (χ4v) is 3.29. The van der Waals surface area contributed by atoms with Crippen LogP contribution in [0, 0.1) is 6.92 Å². The Morgan fingerprint density at radius 3 is 2.33 bits per heavy atom. The van der Waals surface area contributed by atoms with Crippen LogP contribution in [0.5, 0.6) is 5.75 Å². The molecule has 5 heteroatoms. The monoisotopic (exact) mass is 359 g/mol. The van der Waals surface area contributed by atoms with E-state index in [1.807, 2.05) is 60.0 Å². The van der Waals surface area contributed by atoms with Gasteiger partial charge in [-0.25, -0.2) is 9.50 Å². The molecule has 2 aromatic heterocycles. The maximum absolute atomic E-state index is 5.41. The van der Waals surface area contributed by atoms with E-state index in [1.165, 1.54) is 0 Å². The maximum atomic E-state index is 5.41. The molecule has 4 aromatic rings. The molecule has 5 nitrogen and oxygen atoms in total. The number of nitrogens with zero attached hydrogens (tertiary/aromatic N) is 3. The lowest BCUT2D eigenvalue weighted by Gasteiger charge is -2.08. The molecule has 0 aliphatic heterocycles. The Balaban J connectivity index is 1.99. The van der Waals surface area contributed by atoms with Crippen LogP contribution in [0.15, 0.2) is 60.7 Å². The molecule has 0 saturated heterocycles. The van der Waals surface area contributed by atoms with Gasteiger partial charge in [0.1, 0.15) is 5.75 Å². The lowest BCUT2D eigenvalue weighted by Crippen LogP contribution is -1.99. The summed E-state index contributed by atoms with van der Waals surface area (Å²) in [6.07, 6.45) is 0. The molecule has 4 rings (SSSR count). The van der Waals surface area contributed by atoms with Crippen LogP contribution in [-0.4, -0.2) is 28.8 Å². The van der Waals surface area contributed by atoms with Crippen LogP contribution in [0.4, 0.5) is 0 Å². The number of ether oxygens (including phenoxy) is 2. The second-order valence-corrected chi connectivity index (χ2v) is 6.37. The first kappa shape index (κ1) is 17.2. The molecule has 0 unspecified atom stereocenters. The van der Waals surface area contributed by atoms with Crippen molar-refractivity contribution in [2.75, 3.05) is 14.2 Å². The summed E-state index contributed by atoms with van der Waals surface area (Å²) in [5.74, 6) is 0.825. The summed E-state index contributed by atoms with van der Waals surface area (Å²) < 4.78 is 12.6. The third-order valence-corrected chi connectivity index (χ3v) is 4.52. The normalized spacial score (nSPS) is 11.1. The Hall–Kier alpha value is -3.18. The zero-order valence-corrected chi connectivity index (χ0v) is 15.6. The predicted octanol–water partition coefficient (Wildman–Crippen LogP) is 4.53. The summed E-state index contributed by atoms with van der Waals surface area (Å²) in [6, 6.07) is 20.2. The number of aromatic nitrogens is 3. The summed E-state index contributed by atoms with van der Waals surface area (Å²) >= 11 is 0. The SMILES string of the molecule is COCc1nn2c(-c3ccc(OC)cc3)cc(C)nc2c1-c1ccccc1. The van der Waals surface area contributed by atoms with Crippen molar-refractivity contribution in [3.8, 4) is 28.1 Å². The zero-order chi connectivity index (χ0) is 18.8. The highest BCUT2D eigenvalue weighted by Crippen LogP contribution is 2.32. The van der Waals surface area contributed by atoms with Gasteiger partial charge in [-0.3, -0.25) is 0 Å². The Labute approximate surface area is 158 Å². The van der Waals surface area contributed by atoms with Gasteiger partial charge in [-0.1, -0.05) is 30.3 Å². The van der Waals surface area contributed by atoms with Crippen LogP contribution in [0.3, 0.4) is 0 Å². The van der Waals surface area contributed by atoms with Crippen LogP contribution in [0.1, 0.15) is 11.4 Å². The van der Waals surface area contributed by atoms with Crippen molar-refractivity contribution in [3.63, 3.8) is 0 Å². The van der Waals surface area contributed by atoms with Gasteiger partial charge in [0.05, 0.1) is 30.7 Å². The van der Waals surface area contributed by atoms with E-state index in [0.717, 1.165) is 45.2 Å². The highest BCUT2D eigenvalue weighted by Gasteiger charge is 2.19. The molecule has 0 saturated carbocycles. The van der Waals surface area contributed by atoms with E-state index in [9.17, 15) is 0 Å². The molecule has 0 radical (unpaired) electrons. The highest BCUT2D eigenvalue weighted by atomic mass is 16.5. The van der Waals surface area contributed by atoms with Gasteiger partial charge in [0, 0.05) is 18.4 Å². The van der Waals surface area contributed by atoms with Crippen LogP contribution in [-0.2, 0) is 11.3 Å². The first-order chi connectivity index (χ1) is 13.2. The number of benzene rings is 2. The summed E-state index contributed by atoms with van der Waals surface area (Å²) in [7, 11) is 3.35. The number of rotatable bonds is 5. The Kier molecular flexibility index (Phi) is 4.60. The summed E-state index contributed by atoms with van der Waals surface area (Å²) in [4.78, 5) is 4.79. The molecule has 0 amide bonds. The van der Waals surface area contributed by atoms with E-state index in [0.29, 0.717) is 6.61 Å². The van der Waals surface area contributed by atoms with Gasteiger partial charge in [0.2, 0.25) is 0 Å². The van der Waals surface area contributed by atoms with Crippen LogP contribution >= 0.6 is 0 Å². The molecule has 0 aliphatic rings. The molecule has 0 atom stereocenters. The fraction of sp³-hybridized carbons (Fsp3) is 0.182. The second kappa shape index (κ2) is 7.21. The third kappa shape index (κ3) is 3.17. The Morgan fingerprint density at radius 2 is 1.67 bits per heavy atom. The van der Waals surface area contributed by atoms with Crippen molar-refractivity contribution in [2.24, 2.45) is 0 Å². The minimum absolute atomic E-state index is 0.425. The van der Waals surface area contributed by atoms with E-state index in [-0.39, 0.29) is 0 Å². The van der Waals surface area contributed by atoms with Gasteiger partial charge in [0.25, 0.3) is 0 Å². The highest BCUT2D eigenvalue weighted by molar-refractivity contribution is 5.82. The topological polar surface area (TPSA) is 48.7 Å². The van der Waals surface area contributed by atoms with E-state index in [4.69, 9.17) is 19.6 Å². The minimum Gasteiger partial charge on any atom is -0.497 e. The lowest BCUT2D eigenvalue weighted by molar-refractivity contribution is 0.181. The second-order valence-electron chi connectivity index (χ2n) is 6.37. The molecule has 136 valence electrons. The summed E-state index contributed by atoms with van der Waals surface area (Å²) in [5, 5.41) is 4.84. The summed E-state index contributed by atoms with van der Waals surface area (Å²) in [5.41, 5.74) is 6.77. The van der Waals surface area contributed by atoms with Crippen LogP contribution in [0.25, 0.3) is 28.0 Å². The minimum atomic E-state index is 0.425. The van der Waals surface area contributed by atoms with Gasteiger partial charge in [0.15, 0.2) is 5.65 Å². The van der Waals surface area contributed by atoms with Gasteiger partial charge in [-0.15, -0.1) is 0 Å². The van der Waals surface area contributed by atoms with E-state index in [1.54, 1.807) is 14.2 Å².